The van der Waals surface area contributed by atoms with E-state index in [2.05, 4.69) is 22.1 Å². The summed E-state index contributed by atoms with van der Waals surface area (Å²) in [6, 6.07) is 3.67. The molecule has 1 fully saturated rings. The van der Waals surface area contributed by atoms with E-state index in [1.54, 1.807) is 0 Å². The Hall–Kier alpha value is -1.33. The number of halogens is 1. The van der Waals surface area contributed by atoms with Gasteiger partial charge in [0.25, 0.3) is 0 Å². The predicted octanol–water partition coefficient (Wildman–Crippen LogP) is 2.48. The molecule has 1 aliphatic heterocycles. The molecule has 0 bridgehead atoms. The third-order valence-electron chi connectivity index (χ3n) is 4.32. The maximum absolute atomic E-state index is 11.8. The van der Waals surface area contributed by atoms with Gasteiger partial charge in [-0.2, -0.15) is 0 Å². The lowest BCUT2D eigenvalue weighted by Gasteiger charge is -2.31. The molecule has 5 nitrogen and oxygen atoms in total. The summed E-state index contributed by atoms with van der Waals surface area (Å²) in [6.07, 6.45) is 5.94. The average molecular weight is 341 g/mol. The molecule has 0 saturated carbocycles. The van der Waals surface area contributed by atoms with Crippen LogP contribution in [-0.2, 0) is 11.3 Å². The highest BCUT2D eigenvalue weighted by Gasteiger charge is 2.17. The summed E-state index contributed by atoms with van der Waals surface area (Å²) < 4.78 is 0. The first-order valence-corrected chi connectivity index (χ1v) is 8.33. The number of piperidine rings is 1. The van der Waals surface area contributed by atoms with Gasteiger partial charge in [0.15, 0.2) is 0 Å². The fraction of sp³-hybridized carbons (Fsp3) is 0.647. The molecule has 2 rings (SSSR count). The minimum absolute atomic E-state index is 0. The summed E-state index contributed by atoms with van der Waals surface area (Å²) >= 11 is 0. The van der Waals surface area contributed by atoms with Gasteiger partial charge in [-0.25, -0.2) is 4.98 Å². The lowest BCUT2D eigenvalue weighted by molar-refractivity contribution is -0.122. The highest BCUT2D eigenvalue weighted by atomic mass is 35.5. The SMILES string of the molecule is CCCC(N)C(=O)NCc1ccc(N2CCC(C)CC2)nc1.Cl. The Labute approximate surface area is 145 Å². The van der Waals surface area contributed by atoms with E-state index in [4.69, 9.17) is 5.73 Å². The van der Waals surface area contributed by atoms with Gasteiger partial charge in [0.05, 0.1) is 6.04 Å². The molecular weight excluding hydrogens is 312 g/mol. The number of anilines is 1. The van der Waals surface area contributed by atoms with E-state index in [0.29, 0.717) is 6.54 Å². The van der Waals surface area contributed by atoms with Crippen molar-refractivity contribution >= 4 is 24.1 Å². The lowest BCUT2D eigenvalue weighted by Crippen LogP contribution is -2.40. The molecule has 23 heavy (non-hydrogen) atoms. The van der Waals surface area contributed by atoms with Gasteiger partial charge < -0.3 is 16.0 Å². The Morgan fingerprint density at radius 1 is 1.43 bits per heavy atom. The van der Waals surface area contributed by atoms with Crippen LogP contribution in [0.4, 0.5) is 5.82 Å². The number of nitrogens with two attached hydrogens (primary N) is 1. The normalized spacial score (nSPS) is 16.6. The molecule has 3 N–H and O–H groups in total. The molecule has 2 heterocycles. The third kappa shape index (κ3) is 5.99. The number of aromatic nitrogens is 1. The van der Waals surface area contributed by atoms with Crippen LogP contribution in [0.2, 0.25) is 0 Å². The number of hydrogen-bond acceptors (Lipinski definition) is 4. The first-order chi connectivity index (χ1) is 10.6. The van der Waals surface area contributed by atoms with Gasteiger partial charge >= 0.3 is 0 Å². The minimum atomic E-state index is -0.410. The van der Waals surface area contributed by atoms with Gasteiger partial charge in [-0.1, -0.05) is 26.3 Å². The van der Waals surface area contributed by atoms with Crippen molar-refractivity contribution < 1.29 is 4.79 Å². The van der Waals surface area contributed by atoms with Crippen molar-refractivity contribution in [3.8, 4) is 0 Å². The predicted molar refractivity (Wildman–Crippen MR) is 96.8 cm³/mol. The molecule has 1 amide bonds. The molecule has 1 aromatic rings. The molecular formula is C17H29ClN4O. The summed E-state index contributed by atoms with van der Waals surface area (Å²) in [5, 5.41) is 2.87. The summed E-state index contributed by atoms with van der Waals surface area (Å²) in [5.41, 5.74) is 6.80. The Bertz CT molecular complexity index is 472. The number of carbonyl (C=O) groups is 1. The second-order valence-electron chi connectivity index (χ2n) is 6.31. The molecule has 130 valence electrons. The van der Waals surface area contributed by atoms with Crippen molar-refractivity contribution in [2.75, 3.05) is 18.0 Å². The molecule has 1 saturated heterocycles. The fourth-order valence-corrected chi connectivity index (χ4v) is 2.71. The van der Waals surface area contributed by atoms with E-state index >= 15 is 0 Å². The second kappa shape index (κ2) is 9.73. The number of hydrogen-bond donors (Lipinski definition) is 2. The van der Waals surface area contributed by atoms with Gasteiger partial charge in [-0.05, 0) is 36.8 Å². The monoisotopic (exact) mass is 340 g/mol. The van der Waals surface area contributed by atoms with Crippen molar-refractivity contribution in [2.24, 2.45) is 11.7 Å². The van der Waals surface area contributed by atoms with Crippen LogP contribution in [-0.4, -0.2) is 30.0 Å². The Balaban J connectivity index is 0.00000264. The Morgan fingerprint density at radius 3 is 2.70 bits per heavy atom. The zero-order valence-corrected chi connectivity index (χ0v) is 14.9. The highest BCUT2D eigenvalue weighted by Crippen LogP contribution is 2.21. The van der Waals surface area contributed by atoms with E-state index < -0.39 is 6.04 Å². The topological polar surface area (TPSA) is 71.2 Å². The number of nitrogens with one attached hydrogen (secondary N) is 1. The first kappa shape index (κ1) is 19.7. The van der Waals surface area contributed by atoms with Crippen molar-refractivity contribution in [3.63, 3.8) is 0 Å². The van der Waals surface area contributed by atoms with Crippen LogP contribution >= 0.6 is 12.4 Å². The number of pyridine rings is 1. The summed E-state index contributed by atoms with van der Waals surface area (Å²) in [7, 11) is 0. The largest absolute Gasteiger partial charge is 0.357 e. The summed E-state index contributed by atoms with van der Waals surface area (Å²) in [5.74, 6) is 1.76. The van der Waals surface area contributed by atoms with Crippen molar-refractivity contribution in [1.82, 2.24) is 10.3 Å². The minimum Gasteiger partial charge on any atom is -0.357 e. The smallest absolute Gasteiger partial charge is 0.237 e. The highest BCUT2D eigenvalue weighted by molar-refractivity contribution is 5.85. The molecule has 1 aromatic heterocycles. The van der Waals surface area contributed by atoms with Crippen LogP contribution in [0.3, 0.4) is 0 Å². The van der Waals surface area contributed by atoms with Crippen LogP contribution in [0.15, 0.2) is 18.3 Å². The molecule has 0 radical (unpaired) electrons. The molecule has 6 heteroatoms. The second-order valence-corrected chi connectivity index (χ2v) is 6.31. The van der Waals surface area contributed by atoms with Gasteiger partial charge in [0.2, 0.25) is 5.91 Å². The van der Waals surface area contributed by atoms with Crippen molar-refractivity contribution in [1.29, 1.82) is 0 Å². The average Bonchev–Trinajstić information content (AvgIpc) is 2.54. The van der Waals surface area contributed by atoms with Crippen molar-refractivity contribution in [3.05, 3.63) is 23.9 Å². The standard InChI is InChI=1S/C17H28N4O.ClH/c1-3-4-15(18)17(22)20-12-14-5-6-16(19-11-14)21-9-7-13(2)8-10-21;/h5-6,11,13,15H,3-4,7-10,12,18H2,1-2H3,(H,20,22);1H. The Kier molecular flexibility index (Phi) is 8.34. The maximum atomic E-state index is 11.8. The third-order valence-corrected chi connectivity index (χ3v) is 4.32. The van der Waals surface area contributed by atoms with Crippen molar-refractivity contribution in [2.45, 2.75) is 52.1 Å². The molecule has 1 aliphatic rings. The quantitative estimate of drug-likeness (QED) is 0.834. The molecule has 1 atom stereocenters. The van der Waals surface area contributed by atoms with Gasteiger partial charge in [0.1, 0.15) is 5.82 Å². The van der Waals surface area contributed by atoms with Crippen LogP contribution in [0.5, 0.6) is 0 Å². The van der Waals surface area contributed by atoms with E-state index in [9.17, 15) is 4.79 Å². The van der Waals surface area contributed by atoms with Crippen LogP contribution in [0.25, 0.3) is 0 Å². The van der Waals surface area contributed by atoms with E-state index in [1.165, 1.54) is 12.8 Å². The van der Waals surface area contributed by atoms with Crippen LogP contribution in [0.1, 0.15) is 45.1 Å². The zero-order valence-electron chi connectivity index (χ0n) is 14.1. The number of nitrogens with zero attached hydrogens (tertiary/aromatic N) is 2. The van der Waals surface area contributed by atoms with Gasteiger partial charge in [-0.3, -0.25) is 4.79 Å². The molecule has 0 spiro atoms. The number of rotatable bonds is 6. The van der Waals surface area contributed by atoms with Crippen LogP contribution < -0.4 is 16.0 Å². The molecule has 0 aromatic carbocycles. The molecule has 1 unspecified atom stereocenters. The van der Waals surface area contributed by atoms with Crippen LogP contribution in [0, 0.1) is 5.92 Å². The Morgan fingerprint density at radius 2 is 2.13 bits per heavy atom. The van der Waals surface area contributed by atoms with Gasteiger partial charge in [0, 0.05) is 25.8 Å². The van der Waals surface area contributed by atoms with E-state index in [1.807, 2.05) is 25.3 Å². The summed E-state index contributed by atoms with van der Waals surface area (Å²) in [4.78, 5) is 18.6. The zero-order chi connectivity index (χ0) is 15.9. The van der Waals surface area contributed by atoms with E-state index in [0.717, 1.165) is 43.2 Å². The van der Waals surface area contributed by atoms with Gasteiger partial charge in [-0.15, -0.1) is 12.4 Å². The number of amides is 1. The first-order valence-electron chi connectivity index (χ1n) is 8.33. The summed E-state index contributed by atoms with van der Waals surface area (Å²) in [6.45, 7) is 6.98. The fourth-order valence-electron chi connectivity index (χ4n) is 2.71. The number of carbonyl (C=O) groups excluding carboxylic acids is 1. The lowest BCUT2D eigenvalue weighted by atomic mass is 9.99. The van der Waals surface area contributed by atoms with E-state index in [-0.39, 0.29) is 18.3 Å². The molecule has 0 aliphatic carbocycles. The maximum Gasteiger partial charge on any atom is 0.237 e.